The molecule has 2 fully saturated rings. The molecule has 0 spiro atoms. The first-order chi connectivity index (χ1) is 22.9. The van der Waals surface area contributed by atoms with E-state index >= 15 is 0 Å². The molecule has 0 radical (unpaired) electrons. The van der Waals surface area contributed by atoms with E-state index in [-0.39, 0.29) is 54.1 Å². The SMILES string of the molecule is CC(C)(C)OC(=O)N1CC(CCCCn2ccc(SNC(=O)c3ccc(-n4ccc(OCCC5(C(F)(F)F)CC5)n4)nc3Cl)n2)CC1(C)C. The second kappa shape index (κ2) is 14.4. The van der Waals surface area contributed by atoms with Gasteiger partial charge in [-0.05, 0) is 97.3 Å². The third-order valence-electron chi connectivity index (χ3n) is 8.85. The fraction of sp³-hybridized carbons (Fsp3) is 0.606. The van der Waals surface area contributed by atoms with Crippen molar-refractivity contribution < 1.29 is 32.2 Å². The molecule has 1 atom stereocenters. The smallest absolute Gasteiger partial charge is 0.410 e. The first-order valence-corrected chi connectivity index (χ1v) is 17.6. The van der Waals surface area contributed by atoms with Crippen LogP contribution in [0.15, 0.2) is 41.7 Å². The van der Waals surface area contributed by atoms with Crippen LogP contribution in [-0.4, -0.2) is 71.9 Å². The van der Waals surface area contributed by atoms with Crippen molar-refractivity contribution in [2.45, 2.75) is 108 Å². The third kappa shape index (κ3) is 9.41. The summed E-state index contributed by atoms with van der Waals surface area (Å²) in [5, 5.41) is 9.32. The number of carbonyl (C=O) groups is 2. The molecule has 2 amide bonds. The van der Waals surface area contributed by atoms with Crippen molar-refractivity contribution in [1.82, 2.24) is 34.2 Å². The Morgan fingerprint density at radius 1 is 1.08 bits per heavy atom. The Hall–Kier alpha value is -3.46. The van der Waals surface area contributed by atoms with Crippen LogP contribution in [0.4, 0.5) is 18.0 Å². The lowest BCUT2D eigenvalue weighted by molar-refractivity contribution is -0.190. The average molecular weight is 726 g/mol. The molecule has 1 aliphatic heterocycles. The molecule has 1 N–H and O–H groups in total. The zero-order valence-electron chi connectivity index (χ0n) is 28.3. The van der Waals surface area contributed by atoms with Crippen molar-refractivity contribution in [2.75, 3.05) is 13.2 Å². The number of pyridine rings is 1. The van der Waals surface area contributed by atoms with Crippen LogP contribution in [0.3, 0.4) is 0 Å². The number of amides is 2. The van der Waals surface area contributed by atoms with Gasteiger partial charge in [-0.25, -0.2) is 14.5 Å². The summed E-state index contributed by atoms with van der Waals surface area (Å²) in [6.45, 7) is 11.1. The van der Waals surface area contributed by atoms with Crippen molar-refractivity contribution in [3.8, 4) is 11.7 Å². The van der Waals surface area contributed by atoms with Crippen LogP contribution in [0.5, 0.6) is 5.88 Å². The quantitative estimate of drug-likeness (QED) is 0.108. The number of halogens is 4. The molecule has 3 aromatic rings. The Morgan fingerprint density at radius 3 is 2.51 bits per heavy atom. The highest BCUT2D eigenvalue weighted by Crippen LogP contribution is 2.59. The molecule has 3 aromatic heterocycles. The number of nitrogens with one attached hydrogen (secondary N) is 1. The molecule has 1 aliphatic carbocycles. The van der Waals surface area contributed by atoms with Crippen LogP contribution in [-0.2, 0) is 11.3 Å². The van der Waals surface area contributed by atoms with Gasteiger partial charge in [0.1, 0.15) is 15.8 Å². The van der Waals surface area contributed by atoms with Crippen LogP contribution in [0.25, 0.3) is 5.82 Å². The maximum Gasteiger partial charge on any atom is 0.410 e. The molecule has 16 heteroatoms. The van der Waals surface area contributed by atoms with E-state index in [1.165, 1.54) is 16.8 Å². The largest absolute Gasteiger partial charge is 0.477 e. The molecule has 268 valence electrons. The van der Waals surface area contributed by atoms with E-state index in [2.05, 4.69) is 33.8 Å². The fourth-order valence-electron chi connectivity index (χ4n) is 6.01. The Kier molecular flexibility index (Phi) is 10.8. The van der Waals surface area contributed by atoms with E-state index in [1.807, 2.05) is 42.6 Å². The molecule has 0 bridgehead atoms. The Morgan fingerprint density at radius 2 is 1.84 bits per heavy atom. The Bertz CT molecular complexity index is 1630. The molecule has 1 saturated heterocycles. The van der Waals surface area contributed by atoms with Gasteiger partial charge in [-0.2, -0.15) is 18.3 Å². The van der Waals surface area contributed by atoms with Gasteiger partial charge in [-0.1, -0.05) is 18.0 Å². The molecule has 11 nitrogen and oxygen atoms in total. The molecule has 1 saturated carbocycles. The van der Waals surface area contributed by atoms with Crippen LogP contribution in [0.2, 0.25) is 5.15 Å². The summed E-state index contributed by atoms with van der Waals surface area (Å²) in [5.74, 6) is 0.445. The minimum absolute atomic E-state index is 0.0418. The highest BCUT2D eigenvalue weighted by Gasteiger charge is 2.62. The second-order valence-corrected chi connectivity index (χ2v) is 15.6. The molecular formula is C33H43ClF3N7O4S. The highest BCUT2D eigenvalue weighted by atomic mass is 35.5. The zero-order valence-corrected chi connectivity index (χ0v) is 29.9. The molecule has 2 aliphatic rings. The minimum Gasteiger partial charge on any atom is -0.477 e. The molecule has 5 rings (SSSR count). The summed E-state index contributed by atoms with van der Waals surface area (Å²) < 4.78 is 56.4. The summed E-state index contributed by atoms with van der Waals surface area (Å²) >= 11 is 7.39. The van der Waals surface area contributed by atoms with Gasteiger partial charge >= 0.3 is 12.3 Å². The van der Waals surface area contributed by atoms with E-state index in [0.29, 0.717) is 23.3 Å². The predicted molar refractivity (Wildman–Crippen MR) is 179 cm³/mol. The van der Waals surface area contributed by atoms with Gasteiger partial charge in [0.25, 0.3) is 5.91 Å². The normalized spacial score (nSPS) is 18.4. The van der Waals surface area contributed by atoms with Gasteiger partial charge in [-0.3, -0.25) is 14.2 Å². The van der Waals surface area contributed by atoms with E-state index in [4.69, 9.17) is 21.1 Å². The summed E-state index contributed by atoms with van der Waals surface area (Å²) in [5.41, 5.74) is -2.24. The van der Waals surface area contributed by atoms with Gasteiger partial charge in [0.2, 0.25) is 5.88 Å². The Labute approximate surface area is 293 Å². The molecule has 49 heavy (non-hydrogen) atoms. The van der Waals surface area contributed by atoms with Crippen molar-refractivity contribution in [1.29, 1.82) is 0 Å². The number of rotatable bonds is 13. The topological polar surface area (TPSA) is 116 Å². The van der Waals surface area contributed by atoms with Crippen LogP contribution in [0, 0.1) is 11.3 Å². The summed E-state index contributed by atoms with van der Waals surface area (Å²) in [6.07, 6.45) is 2.94. The number of hydrogen-bond donors (Lipinski definition) is 1. The highest BCUT2D eigenvalue weighted by molar-refractivity contribution is 7.97. The lowest BCUT2D eigenvalue weighted by Gasteiger charge is -2.33. The van der Waals surface area contributed by atoms with E-state index in [1.54, 1.807) is 12.3 Å². The lowest BCUT2D eigenvalue weighted by atomic mass is 9.93. The van der Waals surface area contributed by atoms with Gasteiger partial charge in [-0.15, -0.1) is 5.10 Å². The molecule has 4 heterocycles. The van der Waals surface area contributed by atoms with Crippen molar-refractivity contribution in [2.24, 2.45) is 11.3 Å². The monoisotopic (exact) mass is 725 g/mol. The number of ether oxygens (including phenoxy) is 2. The standard InChI is InChI=1S/C33H43ClF3N7O4S/c1-30(2,3)48-29(46)43-21-22(20-31(43,4)5)8-6-7-16-42-17-12-26(40-42)49-41-28(45)23-9-10-24(38-27(23)34)44-18-11-25(39-44)47-19-15-32(13-14-32)33(35,36)37/h9-12,17-18,22H,6-8,13-16,19-21H2,1-5H3,(H,41,45). The first-order valence-electron chi connectivity index (χ1n) is 16.4. The second-order valence-electron chi connectivity index (χ2n) is 14.4. The number of aryl methyl sites for hydroxylation is 1. The average Bonchev–Trinajstić information content (AvgIpc) is 3.30. The summed E-state index contributed by atoms with van der Waals surface area (Å²) in [6, 6.07) is 6.41. The lowest BCUT2D eigenvalue weighted by Crippen LogP contribution is -2.45. The number of carbonyl (C=O) groups excluding carboxylic acids is 2. The molecular weight excluding hydrogens is 683 g/mol. The maximum absolute atomic E-state index is 13.1. The van der Waals surface area contributed by atoms with Crippen LogP contribution in [0.1, 0.15) is 89.9 Å². The third-order valence-corrected chi connectivity index (χ3v) is 9.85. The summed E-state index contributed by atoms with van der Waals surface area (Å²) in [7, 11) is 0. The predicted octanol–water partition coefficient (Wildman–Crippen LogP) is 7.87. The van der Waals surface area contributed by atoms with Gasteiger partial charge in [0, 0.05) is 49.0 Å². The number of alkyl halides is 3. The minimum atomic E-state index is -4.23. The van der Waals surface area contributed by atoms with E-state index in [0.717, 1.165) is 44.2 Å². The van der Waals surface area contributed by atoms with E-state index in [9.17, 15) is 22.8 Å². The van der Waals surface area contributed by atoms with Gasteiger partial charge in [0.05, 0.1) is 17.6 Å². The number of hydrogen-bond acceptors (Lipinski definition) is 8. The van der Waals surface area contributed by atoms with Gasteiger partial charge < -0.3 is 14.4 Å². The van der Waals surface area contributed by atoms with Crippen LogP contribution < -0.4 is 9.46 Å². The van der Waals surface area contributed by atoms with Crippen LogP contribution >= 0.6 is 23.5 Å². The maximum atomic E-state index is 13.1. The zero-order chi connectivity index (χ0) is 35.6. The molecule has 0 aromatic carbocycles. The van der Waals surface area contributed by atoms with E-state index < -0.39 is 23.1 Å². The first kappa shape index (κ1) is 36.8. The fourth-order valence-corrected chi connectivity index (χ4v) is 6.83. The number of unbranched alkanes of at least 4 members (excludes halogenated alkanes) is 1. The number of likely N-dealkylation sites (tertiary alicyclic amines) is 1. The van der Waals surface area contributed by atoms with Crippen molar-refractivity contribution >= 4 is 35.5 Å². The van der Waals surface area contributed by atoms with Gasteiger partial charge in [0.15, 0.2) is 5.82 Å². The number of aromatic nitrogens is 5. The number of nitrogens with zero attached hydrogens (tertiary/aromatic N) is 6. The summed E-state index contributed by atoms with van der Waals surface area (Å²) in [4.78, 5) is 31.6. The Balaban J connectivity index is 1.03. The van der Waals surface area contributed by atoms with Crippen molar-refractivity contribution in [3.63, 3.8) is 0 Å². The van der Waals surface area contributed by atoms with Crippen molar-refractivity contribution in [3.05, 3.63) is 47.4 Å². The molecule has 1 unspecified atom stereocenters.